The number of anilines is 1. The van der Waals surface area contributed by atoms with Crippen molar-refractivity contribution in [3.8, 4) is 0 Å². The zero-order chi connectivity index (χ0) is 31.2. The molecule has 0 atom stereocenters. The van der Waals surface area contributed by atoms with E-state index in [0.29, 0.717) is 66.1 Å². The minimum absolute atomic E-state index is 0.0827. The van der Waals surface area contributed by atoms with Gasteiger partial charge < -0.3 is 33.7 Å². The third-order valence-corrected chi connectivity index (χ3v) is 6.64. The summed E-state index contributed by atoms with van der Waals surface area (Å²) in [5.41, 5.74) is -0.556. The van der Waals surface area contributed by atoms with Gasteiger partial charge in [0.25, 0.3) is 21.5 Å². The van der Waals surface area contributed by atoms with Crippen LogP contribution in [0.1, 0.15) is 0 Å². The summed E-state index contributed by atoms with van der Waals surface area (Å²) in [5, 5.41) is 24.7. The minimum Gasteiger partial charge on any atom is -0.377 e. The molecular formula is C26H37N3O13S. The molecule has 0 aliphatic rings. The van der Waals surface area contributed by atoms with Crippen molar-refractivity contribution in [2.45, 2.75) is 4.90 Å². The summed E-state index contributed by atoms with van der Waals surface area (Å²) in [5.74, 6) is 0. The van der Waals surface area contributed by atoms with Crippen molar-refractivity contribution in [3.63, 3.8) is 0 Å². The van der Waals surface area contributed by atoms with Gasteiger partial charge in [-0.2, -0.15) is 8.42 Å². The molecule has 17 heteroatoms. The lowest BCUT2D eigenvalue weighted by Gasteiger charge is -2.09. The standard InChI is InChI=1S/C26H37N3O13S/c30-28(31)23-6-7-25(26(22-23)29(32)33)27-8-9-36-10-11-37-12-13-38-14-15-39-16-17-40-18-19-41-20-21-42-43(34,35)24-4-2-1-3-5-24/h1-7,22,27H,8-21H2. The van der Waals surface area contributed by atoms with Crippen molar-refractivity contribution >= 4 is 27.2 Å². The summed E-state index contributed by atoms with van der Waals surface area (Å²) in [6.45, 7) is 4.22. The first-order chi connectivity index (χ1) is 20.8. The quantitative estimate of drug-likeness (QED) is 0.0687. The normalized spacial score (nSPS) is 11.4. The molecule has 2 aromatic carbocycles. The topological polar surface area (TPSA) is 197 Å². The Labute approximate surface area is 249 Å². The van der Waals surface area contributed by atoms with Crippen LogP contribution >= 0.6 is 0 Å². The van der Waals surface area contributed by atoms with Crippen LogP contribution in [-0.4, -0.2) is 111 Å². The number of nitro groups is 2. The largest absolute Gasteiger partial charge is 0.377 e. The average molecular weight is 632 g/mol. The van der Waals surface area contributed by atoms with Crippen molar-refractivity contribution in [1.82, 2.24) is 0 Å². The van der Waals surface area contributed by atoms with Crippen LogP contribution in [0.3, 0.4) is 0 Å². The Balaban J connectivity index is 1.31. The Bertz CT molecular complexity index is 1190. The highest BCUT2D eigenvalue weighted by Gasteiger charge is 2.19. The van der Waals surface area contributed by atoms with Crippen LogP contribution in [0.4, 0.5) is 17.1 Å². The van der Waals surface area contributed by atoms with E-state index in [0.717, 1.165) is 6.07 Å². The van der Waals surface area contributed by atoms with Crippen LogP contribution in [-0.2, 0) is 42.7 Å². The fraction of sp³-hybridized carbons (Fsp3) is 0.538. The van der Waals surface area contributed by atoms with Gasteiger partial charge in [-0.05, 0) is 18.2 Å². The summed E-state index contributed by atoms with van der Waals surface area (Å²) in [6, 6.07) is 11.3. The molecule has 0 heterocycles. The molecule has 2 rings (SSSR count). The van der Waals surface area contributed by atoms with E-state index in [9.17, 15) is 28.6 Å². The van der Waals surface area contributed by atoms with E-state index in [2.05, 4.69) is 5.32 Å². The first-order valence-electron chi connectivity index (χ1n) is 13.4. The monoisotopic (exact) mass is 631 g/mol. The molecular weight excluding hydrogens is 594 g/mol. The molecule has 0 fully saturated rings. The zero-order valence-electron chi connectivity index (χ0n) is 23.6. The van der Waals surface area contributed by atoms with Crippen LogP contribution in [0.5, 0.6) is 0 Å². The molecule has 0 saturated heterocycles. The van der Waals surface area contributed by atoms with Crippen molar-refractivity contribution in [2.75, 3.05) is 97.8 Å². The lowest BCUT2D eigenvalue weighted by atomic mass is 10.2. The van der Waals surface area contributed by atoms with E-state index >= 15 is 0 Å². The maximum atomic E-state index is 11.9. The number of rotatable bonds is 26. The lowest BCUT2D eigenvalue weighted by molar-refractivity contribution is -0.393. The number of nitro benzene ring substituents is 2. The maximum Gasteiger partial charge on any atom is 0.299 e. The Hall–Kier alpha value is -3.29. The Morgan fingerprint density at radius 3 is 1.53 bits per heavy atom. The minimum atomic E-state index is -3.78. The summed E-state index contributed by atoms with van der Waals surface area (Å²) < 4.78 is 61.1. The molecule has 0 radical (unpaired) electrons. The van der Waals surface area contributed by atoms with Gasteiger partial charge in [-0.15, -0.1) is 0 Å². The van der Waals surface area contributed by atoms with Gasteiger partial charge in [0.2, 0.25) is 0 Å². The molecule has 16 nitrogen and oxygen atoms in total. The number of hydrogen-bond donors (Lipinski definition) is 1. The van der Waals surface area contributed by atoms with Gasteiger partial charge in [0.05, 0.1) is 107 Å². The molecule has 0 aliphatic carbocycles. The third kappa shape index (κ3) is 15.7. The summed E-state index contributed by atoms with van der Waals surface area (Å²) in [7, 11) is -3.78. The predicted octanol–water partition coefficient (Wildman–Crippen LogP) is 2.42. The number of hydrogen-bond acceptors (Lipinski definition) is 14. The van der Waals surface area contributed by atoms with E-state index in [4.69, 9.17) is 32.6 Å². The number of ether oxygens (including phenoxy) is 6. The molecule has 0 saturated carbocycles. The molecule has 240 valence electrons. The SMILES string of the molecule is O=[N+]([O-])c1ccc(NCCOCCOCCOCCOCCOCCOCCOS(=O)(=O)c2ccccc2)c([N+](=O)[O-])c1. The van der Waals surface area contributed by atoms with Gasteiger partial charge in [0, 0.05) is 12.6 Å². The fourth-order valence-corrected chi connectivity index (χ4v) is 4.17. The predicted molar refractivity (Wildman–Crippen MR) is 153 cm³/mol. The van der Waals surface area contributed by atoms with Gasteiger partial charge in [0.15, 0.2) is 0 Å². The smallest absolute Gasteiger partial charge is 0.299 e. The third-order valence-electron chi connectivity index (χ3n) is 5.31. The molecule has 0 bridgehead atoms. The van der Waals surface area contributed by atoms with Gasteiger partial charge in [0.1, 0.15) is 5.69 Å². The van der Waals surface area contributed by atoms with Crippen LogP contribution in [0.15, 0.2) is 53.4 Å². The second-order valence-corrected chi connectivity index (χ2v) is 10.0. The van der Waals surface area contributed by atoms with Gasteiger partial charge in [-0.1, -0.05) is 18.2 Å². The second kappa shape index (κ2) is 21.4. The van der Waals surface area contributed by atoms with Gasteiger partial charge in [-0.25, -0.2) is 0 Å². The maximum absolute atomic E-state index is 11.9. The Morgan fingerprint density at radius 2 is 1.07 bits per heavy atom. The van der Waals surface area contributed by atoms with Crippen molar-refractivity contribution in [2.24, 2.45) is 0 Å². The summed E-state index contributed by atoms with van der Waals surface area (Å²) >= 11 is 0. The first-order valence-corrected chi connectivity index (χ1v) is 14.8. The van der Waals surface area contributed by atoms with E-state index in [1.807, 2.05) is 0 Å². The number of benzene rings is 2. The molecule has 1 N–H and O–H groups in total. The van der Waals surface area contributed by atoms with E-state index in [1.54, 1.807) is 18.2 Å². The zero-order valence-corrected chi connectivity index (χ0v) is 24.4. The lowest BCUT2D eigenvalue weighted by Crippen LogP contribution is -2.16. The highest BCUT2D eigenvalue weighted by Crippen LogP contribution is 2.28. The second-order valence-electron chi connectivity index (χ2n) is 8.41. The number of nitrogens with zero attached hydrogens (tertiary/aromatic N) is 2. The summed E-state index contributed by atoms with van der Waals surface area (Å²) in [4.78, 5) is 20.6. The van der Waals surface area contributed by atoms with E-state index < -0.39 is 20.0 Å². The number of non-ortho nitro benzene ring substituents is 1. The Morgan fingerprint density at radius 1 is 0.605 bits per heavy atom. The van der Waals surface area contributed by atoms with Crippen molar-refractivity contribution in [1.29, 1.82) is 0 Å². The van der Waals surface area contributed by atoms with Crippen molar-refractivity contribution < 1.29 is 50.9 Å². The van der Waals surface area contributed by atoms with Crippen LogP contribution < -0.4 is 5.32 Å². The van der Waals surface area contributed by atoms with Crippen LogP contribution in [0.25, 0.3) is 0 Å². The number of nitrogens with one attached hydrogen (secondary N) is 1. The summed E-state index contributed by atoms with van der Waals surface area (Å²) in [6.07, 6.45) is 0. The Kier molecular flexibility index (Phi) is 17.9. The molecule has 0 unspecified atom stereocenters. The van der Waals surface area contributed by atoms with E-state index in [-0.39, 0.29) is 48.3 Å². The van der Waals surface area contributed by atoms with Gasteiger partial charge in [-0.3, -0.25) is 24.4 Å². The average Bonchev–Trinajstić information content (AvgIpc) is 3.00. The van der Waals surface area contributed by atoms with E-state index in [1.165, 1.54) is 24.3 Å². The van der Waals surface area contributed by atoms with Crippen LogP contribution in [0, 0.1) is 20.2 Å². The molecule has 0 aliphatic heterocycles. The fourth-order valence-electron chi connectivity index (χ4n) is 3.25. The molecule has 0 amide bonds. The first kappa shape index (κ1) is 35.9. The molecule has 0 spiro atoms. The van der Waals surface area contributed by atoms with Crippen LogP contribution in [0.2, 0.25) is 0 Å². The molecule has 2 aromatic rings. The van der Waals surface area contributed by atoms with Crippen molar-refractivity contribution in [3.05, 3.63) is 68.8 Å². The van der Waals surface area contributed by atoms with Gasteiger partial charge >= 0.3 is 0 Å². The molecule has 43 heavy (non-hydrogen) atoms. The highest BCUT2D eigenvalue weighted by atomic mass is 32.2. The highest BCUT2D eigenvalue weighted by molar-refractivity contribution is 7.86. The molecule has 0 aromatic heterocycles.